The van der Waals surface area contributed by atoms with Crippen LogP contribution in [-0.4, -0.2) is 25.0 Å². The molecule has 0 radical (unpaired) electrons. The van der Waals surface area contributed by atoms with Crippen molar-refractivity contribution in [1.82, 2.24) is 0 Å². The van der Waals surface area contributed by atoms with Crippen molar-refractivity contribution in [2.75, 3.05) is 13.2 Å². The van der Waals surface area contributed by atoms with E-state index in [2.05, 4.69) is 0 Å². The van der Waals surface area contributed by atoms with Crippen molar-refractivity contribution in [1.29, 1.82) is 0 Å². The molecule has 0 saturated carbocycles. The second-order valence-electron chi connectivity index (χ2n) is 5.00. The number of esters is 1. The van der Waals surface area contributed by atoms with Gasteiger partial charge in [0, 0.05) is 5.56 Å². The van der Waals surface area contributed by atoms with Gasteiger partial charge >= 0.3 is 5.97 Å². The smallest absolute Gasteiger partial charge is 0.309 e. The number of aryl methyl sites for hydroxylation is 1. The fourth-order valence-corrected chi connectivity index (χ4v) is 1.82. The first-order valence-electron chi connectivity index (χ1n) is 7.18. The molecule has 0 aliphatic heterocycles. The molecule has 0 amide bonds. The topological polar surface area (TPSA) is 52.6 Å². The lowest BCUT2D eigenvalue weighted by Crippen LogP contribution is -2.16. The van der Waals surface area contributed by atoms with E-state index in [1.54, 1.807) is 0 Å². The Bertz CT molecular complexity index is 662. The van der Waals surface area contributed by atoms with E-state index >= 15 is 0 Å². The summed E-state index contributed by atoms with van der Waals surface area (Å²) in [7, 11) is 0. The summed E-state index contributed by atoms with van der Waals surface area (Å²) >= 11 is 0. The van der Waals surface area contributed by atoms with Gasteiger partial charge in [-0.15, -0.1) is 0 Å². The average Bonchev–Trinajstić information content (AvgIpc) is 2.55. The Labute approximate surface area is 133 Å². The highest BCUT2D eigenvalue weighted by Gasteiger charge is 2.10. The van der Waals surface area contributed by atoms with Gasteiger partial charge in [-0.2, -0.15) is 0 Å². The third-order valence-corrected chi connectivity index (χ3v) is 3.13. The fourth-order valence-electron chi connectivity index (χ4n) is 1.82. The van der Waals surface area contributed by atoms with Crippen LogP contribution < -0.4 is 4.74 Å². The van der Waals surface area contributed by atoms with Gasteiger partial charge in [0.2, 0.25) is 0 Å². The Kier molecular flexibility index (Phi) is 5.86. The molecule has 2 aromatic carbocycles. The van der Waals surface area contributed by atoms with Crippen molar-refractivity contribution in [3.63, 3.8) is 0 Å². The van der Waals surface area contributed by atoms with E-state index in [4.69, 9.17) is 9.47 Å². The summed E-state index contributed by atoms with van der Waals surface area (Å²) in [5.74, 6) is -0.650. The van der Waals surface area contributed by atoms with Crippen LogP contribution in [-0.2, 0) is 9.53 Å². The van der Waals surface area contributed by atoms with Crippen LogP contribution in [0.3, 0.4) is 0 Å². The van der Waals surface area contributed by atoms with Gasteiger partial charge in [0.25, 0.3) is 0 Å². The predicted octanol–water partition coefficient (Wildman–Crippen LogP) is 3.33. The number of halogens is 1. The van der Waals surface area contributed by atoms with Crippen LogP contribution in [0.15, 0.2) is 48.5 Å². The van der Waals surface area contributed by atoms with E-state index in [0.717, 1.165) is 5.56 Å². The van der Waals surface area contributed by atoms with Gasteiger partial charge in [0.05, 0.1) is 13.0 Å². The molecule has 0 fully saturated rings. The Morgan fingerprint density at radius 3 is 2.30 bits per heavy atom. The van der Waals surface area contributed by atoms with E-state index in [0.29, 0.717) is 11.3 Å². The maximum atomic E-state index is 12.8. The molecule has 0 heterocycles. The van der Waals surface area contributed by atoms with Crippen LogP contribution in [0, 0.1) is 12.7 Å². The van der Waals surface area contributed by atoms with Gasteiger partial charge in [0.1, 0.15) is 11.6 Å². The van der Waals surface area contributed by atoms with E-state index in [1.165, 1.54) is 24.3 Å². The zero-order chi connectivity index (χ0) is 16.7. The summed E-state index contributed by atoms with van der Waals surface area (Å²) in [4.78, 5) is 23.3. The highest BCUT2D eigenvalue weighted by Crippen LogP contribution is 2.11. The lowest BCUT2D eigenvalue weighted by Gasteiger charge is -2.07. The zero-order valence-corrected chi connectivity index (χ0v) is 12.8. The fraction of sp³-hybridized carbons (Fsp3) is 0.222. The number of hydrogen-bond donors (Lipinski definition) is 0. The molecule has 0 aliphatic carbocycles. The summed E-state index contributed by atoms with van der Waals surface area (Å²) in [5, 5.41) is 0. The van der Waals surface area contributed by atoms with Crippen molar-refractivity contribution >= 4 is 11.8 Å². The molecular formula is C18H17FO4. The van der Waals surface area contributed by atoms with Crippen LogP contribution in [0.2, 0.25) is 0 Å². The van der Waals surface area contributed by atoms with Crippen molar-refractivity contribution in [2.45, 2.75) is 13.3 Å². The first-order chi connectivity index (χ1) is 11.0. The van der Waals surface area contributed by atoms with Gasteiger partial charge in [-0.3, -0.25) is 9.59 Å². The van der Waals surface area contributed by atoms with Gasteiger partial charge in [-0.25, -0.2) is 4.39 Å². The molecule has 0 unspecified atom stereocenters. The minimum Gasteiger partial charge on any atom is -0.493 e. The zero-order valence-electron chi connectivity index (χ0n) is 12.8. The summed E-state index contributed by atoms with van der Waals surface area (Å²) in [6.07, 6.45) is 0.0462. The molecule has 0 spiro atoms. The first kappa shape index (κ1) is 16.7. The molecule has 0 saturated heterocycles. The second-order valence-corrected chi connectivity index (χ2v) is 5.00. The molecule has 120 valence electrons. The molecule has 4 nitrogen and oxygen atoms in total. The Morgan fingerprint density at radius 1 is 1.00 bits per heavy atom. The molecule has 2 rings (SSSR count). The lowest BCUT2D eigenvalue weighted by atomic mass is 10.1. The highest BCUT2D eigenvalue weighted by molar-refractivity contribution is 5.97. The number of carbonyl (C=O) groups excluding carboxylic acids is 2. The van der Waals surface area contributed by atoms with Gasteiger partial charge in [-0.05, 0) is 43.3 Å². The Morgan fingerprint density at radius 2 is 1.65 bits per heavy atom. The van der Waals surface area contributed by atoms with Gasteiger partial charge < -0.3 is 9.47 Å². The summed E-state index contributed by atoms with van der Waals surface area (Å²) in [5.41, 5.74) is 1.42. The molecule has 2 aromatic rings. The predicted molar refractivity (Wildman–Crippen MR) is 83.0 cm³/mol. The van der Waals surface area contributed by atoms with Crippen molar-refractivity contribution < 1.29 is 23.5 Å². The van der Waals surface area contributed by atoms with E-state index < -0.39 is 11.8 Å². The maximum absolute atomic E-state index is 12.8. The molecule has 23 heavy (non-hydrogen) atoms. The number of ketones is 1. The Balaban J connectivity index is 1.69. The molecular weight excluding hydrogens is 299 g/mol. The maximum Gasteiger partial charge on any atom is 0.309 e. The third-order valence-electron chi connectivity index (χ3n) is 3.13. The van der Waals surface area contributed by atoms with Gasteiger partial charge in [0.15, 0.2) is 12.4 Å². The van der Waals surface area contributed by atoms with Crippen molar-refractivity contribution in [2.24, 2.45) is 0 Å². The third kappa shape index (κ3) is 5.54. The number of benzene rings is 2. The monoisotopic (exact) mass is 316 g/mol. The van der Waals surface area contributed by atoms with E-state index in [1.807, 2.05) is 31.2 Å². The summed E-state index contributed by atoms with van der Waals surface area (Å²) < 4.78 is 23.0. The SMILES string of the molecule is Cc1ccc(OCCC(=O)OCC(=O)c2ccc(F)cc2)cc1. The van der Waals surface area contributed by atoms with E-state index in [-0.39, 0.29) is 25.4 Å². The molecule has 0 bridgehead atoms. The minimum atomic E-state index is -0.521. The molecule has 0 aromatic heterocycles. The molecule has 0 N–H and O–H groups in total. The number of carbonyl (C=O) groups is 2. The number of hydrogen-bond acceptors (Lipinski definition) is 4. The van der Waals surface area contributed by atoms with Crippen LogP contribution in [0.5, 0.6) is 5.75 Å². The van der Waals surface area contributed by atoms with Crippen molar-refractivity contribution in [3.05, 3.63) is 65.5 Å². The van der Waals surface area contributed by atoms with Crippen molar-refractivity contribution in [3.8, 4) is 5.75 Å². The minimum absolute atomic E-state index is 0.0462. The quantitative estimate of drug-likeness (QED) is 0.581. The molecule has 5 heteroatoms. The van der Waals surface area contributed by atoms with Crippen LogP contribution in [0.1, 0.15) is 22.3 Å². The first-order valence-corrected chi connectivity index (χ1v) is 7.18. The molecule has 0 atom stereocenters. The van der Waals surface area contributed by atoms with E-state index in [9.17, 15) is 14.0 Å². The normalized spacial score (nSPS) is 10.2. The highest BCUT2D eigenvalue weighted by atomic mass is 19.1. The number of Topliss-reactive ketones (excluding diaryl/α,β-unsaturated/α-hetero) is 1. The number of rotatable bonds is 7. The van der Waals surface area contributed by atoms with Crippen LogP contribution in [0.4, 0.5) is 4.39 Å². The second kappa shape index (κ2) is 8.08. The standard InChI is InChI=1S/C18H17FO4/c1-13-2-8-16(9-3-13)22-11-10-18(21)23-12-17(20)14-4-6-15(19)7-5-14/h2-9H,10-12H2,1H3. The van der Waals surface area contributed by atoms with Gasteiger partial charge in [-0.1, -0.05) is 17.7 Å². The molecule has 0 aliphatic rings. The lowest BCUT2D eigenvalue weighted by molar-refractivity contribution is -0.143. The average molecular weight is 316 g/mol. The number of ether oxygens (including phenoxy) is 2. The van der Waals surface area contributed by atoms with Crippen LogP contribution in [0.25, 0.3) is 0 Å². The Hall–Kier alpha value is -2.69. The largest absolute Gasteiger partial charge is 0.493 e. The summed E-state index contributed by atoms with van der Waals surface area (Å²) in [6.45, 7) is 1.78. The van der Waals surface area contributed by atoms with Crippen LogP contribution >= 0.6 is 0 Å². The summed E-state index contributed by atoms with van der Waals surface area (Å²) in [6, 6.07) is 12.5.